The quantitative estimate of drug-likeness (QED) is 0.682. The van der Waals surface area contributed by atoms with Crippen LogP contribution in [0.5, 0.6) is 11.5 Å². The molecule has 1 heterocycles. The van der Waals surface area contributed by atoms with Gasteiger partial charge in [0.15, 0.2) is 0 Å². The zero-order chi connectivity index (χ0) is 14.7. The summed E-state index contributed by atoms with van der Waals surface area (Å²) >= 11 is 0. The molecule has 1 aromatic carbocycles. The molecule has 0 saturated heterocycles. The minimum absolute atomic E-state index is 0.0448. The molecule has 6 nitrogen and oxygen atoms in total. The van der Waals surface area contributed by atoms with Gasteiger partial charge in [0.2, 0.25) is 0 Å². The highest BCUT2D eigenvalue weighted by molar-refractivity contribution is 5.52. The Hall–Kier alpha value is -2.63. The van der Waals surface area contributed by atoms with Gasteiger partial charge in [-0.3, -0.25) is 15.1 Å². The summed E-state index contributed by atoms with van der Waals surface area (Å²) in [4.78, 5) is 14.6. The van der Waals surface area contributed by atoms with Crippen molar-refractivity contribution in [3.63, 3.8) is 0 Å². The highest BCUT2D eigenvalue weighted by atomic mass is 16.6. The number of nitro benzene ring substituents is 1. The summed E-state index contributed by atoms with van der Waals surface area (Å²) in [7, 11) is 1.78. The second-order valence-electron chi connectivity index (χ2n) is 4.42. The zero-order valence-electron chi connectivity index (χ0n) is 11.5. The second kappa shape index (κ2) is 5.56. The van der Waals surface area contributed by atoms with Crippen molar-refractivity contribution in [1.82, 2.24) is 4.98 Å². The Bertz CT molecular complexity index is 656. The molecule has 0 fully saturated rings. The SMILES string of the molecule is CNc1cncc(Oc2cc([N+](=O)[O-])c(C)cc2C)c1. The highest BCUT2D eigenvalue weighted by Gasteiger charge is 2.15. The van der Waals surface area contributed by atoms with Crippen LogP contribution in [0.3, 0.4) is 0 Å². The predicted octanol–water partition coefficient (Wildman–Crippen LogP) is 3.44. The fraction of sp³-hybridized carbons (Fsp3) is 0.214. The lowest BCUT2D eigenvalue weighted by molar-refractivity contribution is -0.385. The van der Waals surface area contributed by atoms with Crippen LogP contribution in [0.1, 0.15) is 11.1 Å². The first-order valence-corrected chi connectivity index (χ1v) is 6.07. The summed E-state index contributed by atoms with van der Waals surface area (Å²) in [5.74, 6) is 0.982. The van der Waals surface area contributed by atoms with Crippen LogP contribution < -0.4 is 10.1 Å². The van der Waals surface area contributed by atoms with Crippen LogP contribution in [-0.4, -0.2) is 17.0 Å². The number of nitrogens with one attached hydrogen (secondary N) is 1. The molecular weight excluding hydrogens is 258 g/mol. The zero-order valence-corrected chi connectivity index (χ0v) is 11.5. The third-order valence-electron chi connectivity index (χ3n) is 2.92. The van der Waals surface area contributed by atoms with Crippen LogP contribution in [0.4, 0.5) is 11.4 Å². The van der Waals surface area contributed by atoms with Gasteiger partial charge in [-0.15, -0.1) is 0 Å². The number of ether oxygens (including phenoxy) is 1. The third kappa shape index (κ3) is 2.85. The van der Waals surface area contributed by atoms with Crippen molar-refractivity contribution in [2.75, 3.05) is 12.4 Å². The van der Waals surface area contributed by atoms with E-state index in [0.717, 1.165) is 11.3 Å². The number of benzene rings is 1. The number of hydrogen-bond acceptors (Lipinski definition) is 5. The molecule has 0 saturated carbocycles. The van der Waals surface area contributed by atoms with E-state index < -0.39 is 4.92 Å². The minimum atomic E-state index is -0.413. The Morgan fingerprint density at radius 1 is 1.20 bits per heavy atom. The maximum Gasteiger partial charge on any atom is 0.276 e. The van der Waals surface area contributed by atoms with E-state index in [1.54, 1.807) is 38.5 Å². The Kier molecular flexibility index (Phi) is 3.84. The van der Waals surface area contributed by atoms with Gasteiger partial charge < -0.3 is 10.1 Å². The first-order chi connectivity index (χ1) is 9.51. The van der Waals surface area contributed by atoms with Crippen molar-refractivity contribution in [2.24, 2.45) is 0 Å². The first-order valence-electron chi connectivity index (χ1n) is 6.07. The van der Waals surface area contributed by atoms with E-state index in [0.29, 0.717) is 17.1 Å². The number of aromatic nitrogens is 1. The molecule has 0 spiro atoms. The van der Waals surface area contributed by atoms with Gasteiger partial charge in [-0.05, 0) is 25.5 Å². The van der Waals surface area contributed by atoms with Crippen molar-refractivity contribution >= 4 is 11.4 Å². The molecule has 0 atom stereocenters. The number of nitrogens with zero attached hydrogens (tertiary/aromatic N) is 2. The number of pyridine rings is 1. The molecule has 2 rings (SSSR count). The summed E-state index contributed by atoms with van der Waals surface area (Å²) in [6.45, 7) is 3.56. The van der Waals surface area contributed by atoms with Gasteiger partial charge in [-0.1, -0.05) is 0 Å². The lowest BCUT2D eigenvalue weighted by atomic mass is 10.1. The Morgan fingerprint density at radius 2 is 1.95 bits per heavy atom. The fourth-order valence-corrected chi connectivity index (χ4v) is 1.87. The van der Waals surface area contributed by atoms with Gasteiger partial charge in [-0.2, -0.15) is 0 Å². The Balaban J connectivity index is 2.37. The van der Waals surface area contributed by atoms with Crippen LogP contribution >= 0.6 is 0 Å². The number of anilines is 1. The van der Waals surface area contributed by atoms with Crippen LogP contribution in [0.25, 0.3) is 0 Å². The normalized spacial score (nSPS) is 10.2. The van der Waals surface area contributed by atoms with Gasteiger partial charge >= 0.3 is 0 Å². The molecule has 0 unspecified atom stereocenters. The number of nitro groups is 1. The topological polar surface area (TPSA) is 77.3 Å². The van der Waals surface area contributed by atoms with E-state index in [1.165, 1.54) is 6.07 Å². The molecule has 0 amide bonds. The smallest absolute Gasteiger partial charge is 0.276 e. The third-order valence-corrected chi connectivity index (χ3v) is 2.92. The van der Waals surface area contributed by atoms with E-state index in [-0.39, 0.29) is 5.69 Å². The molecule has 1 aromatic heterocycles. The largest absolute Gasteiger partial charge is 0.455 e. The van der Waals surface area contributed by atoms with Crippen LogP contribution in [0, 0.1) is 24.0 Å². The molecule has 0 radical (unpaired) electrons. The molecule has 2 aromatic rings. The van der Waals surface area contributed by atoms with Gasteiger partial charge in [0.1, 0.15) is 11.5 Å². The number of hydrogen-bond donors (Lipinski definition) is 1. The minimum Gasteiger partial charge on any atom is -0.455 e. The standard InChI is InChI=1S/C14H15N3O3/c1-9-4-10(2)14(6-13(9)17(18)19)20-12-5-11(15-3)7-16-8-12/h4-8,15H,1-3H3. The monoisotopic (exact) mass is 273 g/mol. The summed E-state index contributed by atoms with van der Waals surface area (Å²) in [5.41, 5.74) is 2.30. The summed E-state index contributed by atoms with van der Waals surface area (Å²) in [6.07, 6.45) is 3.23. The summed E-state index contributed by atoms with van der Waals surface area (Å²) in [5, 5.41) is 13.9. The molecule has 1 N–H and O–H groups in total. The van der Waals surface area contributed by atoms with Crippen LogP contribution in [0.2, 0.25) is 0 Å². The molecule has 6 heteroatoms. The number of aryl methyl sites for hydroxylation is 2. The molecule has 0 bridgehead atoms. The predicted molar refractivity (Wildman–Crippen MR) is 76.4 cm³/mol. The number of rotatable bonds is 4. The summed E-state index contributed by atoms with van der Waals surface area (Å²) in [6, 6.07) is 4.96. The van der Waals surface area contributed by atoms with Crippen molar-refractivity contribution < 1.29 is 9.66 Å². The van der Waals surface area contributed by atoms with Crippen LogP contribution in [0.15, 0.2) is 30.6 Å². The first kappa shape index (κ1) is 13.8. The van der Waals surface area contributed by atoms with E-state index in [2.05, 4.69) is 10.3 Å². The lowest BCUT2D eigenvalue weighted by Crippen LogP contribution is -1.96. The maximum absolute atomic E-state index is 11.0. The van der Waals surface area contributed by atoms with Gasteiger partial charge in [0, 0.05) is 18.7 Å². The average Bonchev–Trinajstić information content (AvgIpc) is 2.41. The van der Waals surface area contributed by atoms with E-state index in [1.807, 2.05) is 6.92 Å². The lowest BCUT2D eigenvalue weighted by Gasteiger charge is -2.10. The molecule has 20 heavy (non-hydrogen) atoms. The Morgan fingerprint density at radius 3 is 2.60 bits per heavy atom. The van der Waals surface area contributed by atoms with Crippen molar-refractivity contribution in [3.05, 3.63) is 51.8 Å². The van der Waals surface area contributed by atoms with E-state index in [9.17, 15) is 10.1 Å². The van der Waals surface area contributed by atoms with Gasteiger partial charge in [0.05, 0.1) is 29.1 Å². The molecule has 0 aliphatic heterocycles. The average molecular weight is 273 g/mol. The van der Waals surface area contributed by atoms with Crippen molar-refractivity contribution in [1.29, 1.82) is 0 Å². The molecule has 0 aliphatic carbocycles. The molecule has 104 valence electrons. The second-order valence-corrected chi connectivity index (χ2v) is 4.42. The molecular formula is C14H15N3O3. The summed E-state index contributed by atoms with van der Waals surface area (Å²) < 4.78 is 5.69. The van der Waals surface area contributed by atoms with Crippen LogP contribution in [-0.2, 0) is 0 Å². The Labute approximate surface area is 116 Å². The van der Waals surface area contributed by atoms with Gasteiger partial charge in [0.25, 0.3) is 5.69 Å². The highest BCUT2D eigenvalue weighted by Crippen LogP contribution is 2.31. The van der Waals surface area contributed by atoms with E-state index in [4.69, 9.17) is 4.74 Å². The van der Waals surface area contributed by atoms with E-state index >= 15 is 0 Å². The molecule has 0 aliphatic rings. The maximum atomic E-state index is 11.0. The van der Waals surface area contributed by atoms with Gasteiger partial charge in [-0.25, -0.2) is 0 Å². The van der Waals surface area contributed by atoms with Crippen molar-refractivity contribution in [2.45, 2.75) is 13.8 Å². The fourth-order valence-electron chi connectivity index (χ4n) is 1.87. The van der Waals surface area contributed by atoms with Crippen molar-refractivity contribution in [3.8, 4) is 11.5 Å².